The van der Waals surface area contributed by atoms with Gasteiger partial charge in [-0.3, -0.25) is 0 Å². The number of aliphatic hydroxyl groups excluding tert-OH is 1. The van der Waals surface area contributed by atoms with Gasteiger partial charge in [0.1, 0.15) is 17.7 Å². The van der Waals surface area contributed by atoms with Gasteiger partial charge in [-0.15, -0.1) is 0 Å². The van der Waals surface area contributed by atoms with E-state index in [0.29, 0.717) is 0 Å². The van der Waals surface area contributed by atoms with Gasteiger partial charge in [0.2, 0.25) is 0 Å². The fraction of sp³-hybridized carbons (Fsp3) is 0.455. The lowest BCUT2D eigenvalue weighted by atomic mass is 9.97. The van der Waals surface area contributed by atoms with Crippen LogP contribution in [0.1, 0.15) is 25.5 Å². The molecular weight excluding hydrogens is 250 g/mol. The minimum atomic E-state index is -3.67. The Hall–Kier alpha value is -1.01. The summed E-state index contributed by atoms with van der Waals surface area (Å²) in [5, 5.41) is 9.89. The summed E-state index contributed by atoms with van der Waals surface area (Å²) >= 11 is 0. The van der Waals surface area contributed by atoms with E-state index in [1.807, 2.05) is 0 Å². The number of hydrogen-bond acceptors (Lipinski definition) is 3. The first-order valence-corrected chi connectivity index (χ1v) is 6.79. The second-order valence-electron chi connectivity index (χ2n) is 4.41. The van der Waals surface area contributed by atoms with Gasteiger partial charge in [0.15, 0.2) is 9.84 Å². The minimum absolute atomic E-state index is 0.622. The van der Waals surface area contributed by atoms with Crippen molar-refractivity contribution in [3.8, 4) is 0 Å². The van der Waals surface area contributed by atoms with Gasteiger partial charge in [-0.25, -0.2) is 17.2 Å². The number of hydrogen-bond donors (Lipinski definition) is 1. The molecule has 0 aromatic heterocycles. The van der Waals surface area contributed by atoms with E-state index in [1.165, 1.54) is 13.8 Å². The van der Waals surface area contributed by atoms with Gasteiger partial charge in [0.05, 0.1) is 10.3 Å². The summed E-state index contributed by atoms with van der Waals surface area (Å²) in [6.07, 6.45) is -0.853. The zero-order valence-electron chi connectivity index (χ0n) is 9.74. The van der Waals surface area contributed by atoms with Crippen molar-refractivity contribution in [3.05, 3.63) is 35.4 Å². The van der Waals surface area contributed by atoms with Crippen LogP contribution >= 0.6 is 0 Å². The predicted molar refractivity (Wildman–Crippen MR) is 60.2 cm³/mol. The number of rotatable bonds is 3. The summed E-state index contributed by atoms with van der Waals surface area (Å²) in [5.41, 5.74) is -0.622. The molecule has 1 N–H and O–H groups in total. The third-order valence-corrected chi connectivity index (χ3v) is 5.02. The quantitative estimate of drug-likeness (QED) is 0.906. The van der Waals surface area contributed by atoms with Crippen molar-refractivity contribution in [3.63, 3.8) is 0 Å². The molecule has 0 radical (unpaired) electrons. The van der Waals surface area contributed by atoms with Gasteiger partial charge in [-0.05, 0) is 26.0 Å². The summed E-state index contributed by atoms with van der Waals surface area (Å²) < 4.78 is 48.1. The average Bonchev–Trinajstić information content (AvgIpc) is 2.15. The molecule has 1 unspecified atom stereocenters. The Morgan fingerprint density at radius 2 is 1.65 bits per heavy atom. The third kappa shape index (κ3) is 2.47. The van der Waals surface area contributed by atoms with Crippen LogP contribution in [0.3, 0.4) is 0 Å². The highest BCUT2D eigenvalue weighted by atomic mass is 32.2. The van der Waals surface area contributed by atoms with E-state index in [1.54, 1.807) is 0 Å². The molecule has 17 heavy (non-hydrogen) atoms. The molecule has 0 saturated carbocycles. The molecule has 96 valence electrons. The number of benzene rings is 1. The lowest BCUT2D eigenvalue weighted by molar-refractivity contribution is 0.131. The second kappa shape index (κ2) is 4.34. The maximum Gasteiger partial charge on any atom is 0.155 e. The second-order valence-corrected chi connectivity index (χ2v) is 7.01. The molecule has 0 spiro atoms. The van der Waals surface area contributed by atoms with E-state index in [4.69, 9.17) is 0 Å². The molecule has 0 bridgehead atoms. The smallest absolute Gasteiger partial charge is 0.155 e. The van der Waals surface area contributed by atoms with Crippen LogP contribution in [0.4, 0.5) is 8.78 Å². The molecule has 0 fully saturated rings. The van der Waals surface area contributed by atoms with Gasteiger partial charge in [0, 0.05) is 6.26 Å². The van der Waals surface area contributed by atoms with Gasteiger partial charge >= 0.3 is 0 Å². The summed E-state index contributed by atoms with van der Waals surface area (Å²) in [5.74, 6) is -1.93. The lowest BCUT2D eigenvalue weighted by Crippen LogP contribution is -2.38. The van der Waals surface area contributed by atoms with Crippen LogP contribution in [-0.2, 0) is 9.84 Å². The third-order valence-electron chi connectivity index (χ3n) is 2.89. The van der Waals surface area contributed by atoms with Crippen molar-refractivity contribution in [2.45, 2.75) is 24.7 Å². The molecule has 0 amide bonds. The fourth-order valence-corrected chi connectivity index (χ4v) is 1.85. The van der Waals surface area contributed by atoms with Crippen LogP contribution in [0.25, 0.3) is 0 Å². The summed E-state index contributed by atoms with van der Waals surface area (Å²) in [6, 6.07) is 3.09. The monoisotopic (exact) mass is 264 g/mol. The van der Waals surface area contributed by atoms with Crippen molar-refractivity contribution in [2.75, 3.05) is 6.26 Å². The molecule has 0 saturated heterocycles. The molecule has 1 rings (SSSR count). The molecule has 1 aromatic carbocycles. The van der Waals surface area contributed by atoms with Gasteiger partial charge in [-0.1, -0.05) is 6.07 Å². The maximum atomic E-state index is 13.4. The summed E-state index contributed by atoms with van der Waals surface area (Å²) in [4.78, 5) is 0. The van der Waals surface area contributed by atoms with E-state index in [2.05, 4.69) is 0 Å². The highest BCUT2D eigenvalue weighted by molar-refractivity contribution is 7.92. The molecule has 1 atom stereocenters. The molecule has 0 heterocycles. The Morgan fingerprint density at radius 1 is 1.24 bits per heavy atom. The standard InChI is InChI=1S/C11H14F2O3S/c1-11(2,17(3,15)16)10(14)9-7(12)5-4-6-8(9)13/h4-6,10,14H,1-3H3. The van der Waals surface area contributed by atoms with E-state index < -0.39 is 37.9 Å². The zero-order chi connectivity index (χ0) is 13.4. The van der Waals surface area contributed by atoms with E-state index in [0.717, 1.165) is 24.5 Å². The van der Waals surface area contributed by atoms with Crippen molar-refractivity contribution in [2.24, 2.45) is 0 Å². The Bertz CT molecular complexity index is 503. The van der Waals surface area contributed by atoms with Gasteiger partial charge in [-0.2, -0.15) is 0 Å². The van der Waals surface area contributed by atoms with Crippen LogP contribution in [0, 0.1) is 11.6 Å². The first-order chi connectivity index (χ1) is 7.59. The Kier molecular flexibility index (Phi) is 3.59. The molecular formula is C11H14F2O3S. The van der Waals surface area contributed by atoms with Crippen molar-refractivity contribution < 1.29 is 22.3 Å². The zero-order valence-corrected chi connectivity index (χ0v) is 10.6. The SMILES string of the molecule is CC(C)(C(O)c1c(F)cccc1F)S(C)(=O)=O. The Labute approximate surface area is 99.0 Å². The molecule has 1 aromatic rings. The topological polar surface area (TPSA) is 54.4 Å². The van der Waals surface area contributed by atoms with Gasteiger partial charge < -0.3 is 5.11 Å². The maximum absolute atomic E-state index is 13.4. The highest BCUT2D eigenvalue weighted by Crippen LogP contribution is 2.34. The highest BCUT2D eigenvalue weighted by Gasteiger charge is 2.41. The van der Waals surface area contributed by atoms with Crippen LogP contribution < -0.4 is 0 Å². The number of halogens is 2. The molecule has 0 aliphatic heterocycles. The van der Waals surface area contributed by atoms with Crippen LogP contribution in [0.15, 0.2) is 18.2 Å². The predicted octanol–water partition coefficient (Wildman–Crippen LogP) is 1.82. The molecule has 0 aliphatic rings. The van der Waals surface area contributed by atoms with Crippen LogP contribution in [0.2, 0.25) is 0 Å². The van der Waals surface area contributed by atoms with Crippen LogP contribution in [0.5, 0.6) is 0 Å². The summed E-state index contributed by atoms with van der Waals surface area (Å²) in [7, 11) is -3.67. The van der Waals surface area contributed by atoms with Crippen molar-refractivity contribution >= 4 is 9.84 Å². The lowest BCUT2D eigenvalue weighted by Gasteiger charge is -2.29. The molecule has 6 heteroatoms. The minimum Gasteiger partial charge on any atom is -0.387 e. The van der Waals surface area contributed by atoms with Gasteiger partial charge in [0.25, 0.3) is 0 Å². The van der Waals surface area contributed by atoms with Crippen LogP contribution in [-0.4, -0.2) is 24.5 Å². The van der Waals surface area contributed by atoms with Crippen molar-refractivity contribution in [1.82, 2.24) is 0 Å². The average molecular weight is 264 g/mol. The Morgan fingerprint density at radius 3 is 2.00 bits per heavy atom. The number of aliphatic hydroxyl groups is 1. The first kappa shape index (κ1) is 14.1. The fourth-order valence-electron chi connectivity index (χ4n) is 1.32. The van der Waals surface area contributed by atoms with Crippen molar-refractivity contribution in [1.29, 1.82) is 0 Å². The van der Waals surface area contributed by atoms with E-state index >= 15 is 0 Å². The van der Waals surface area contributed by atoms with E-state index in [-0.39, 0.29) is 0 Å². The van der Waals surface area contributed by atoms with E-state index in [9.17, 15) is 22.3 Å². The number of sulfone groups is 1. The Balaban J connectivity index is 3.36. The summed E-state index contributed by atoms with van der Waals surface area (Å²) in [6.45, 7) is 2.44. The molecule has 0 aliphatic carbocycles. The normalized spacial score (nSPS) is 14.7. The largest absolute Gasteiger partial charge is 0.387 e. The molecule has 3 nitrogen and oxygen atoms in total. The first-order valence-electron chi connectivity index (χ1n) is 4.90.